The summed E-state index contributed by atoms with van der Waals surface area (Å²) in [7, 11) is 3.33. The molecule has 2 aromatic rings. The lowest BCUT2D eigenvalue weighted by Crippen LogP contribution is -2.39. The third-order valence-corrected chi connectivity index (χ3v) is 3.33. The van der Waals surface area contributed by atoms with Crippen molar-refractivity contribution in [1.82, 2.24) is 18.7 Å². The molecule has 0 saturated heterocycles. The van der Waals surface area contributed by atoms with Crippen molar-refractivity contribution in [1.29, 1.82) is 0 Å². The van der Waals surface area contributed by atoms with E-state index < -0.39 is 0 Å². The van der Waals surface area contributed by atoms with Crippen molar-refractivity contribution in [3.63, 3.8) is 0 Å². The number of hydrogen-bond acceptors (Lipinski definition) is 3. The van der Waals surface area contributed by atoms with Crippen LogP contribution in [0.1, 0.15) is 6.92 Å². The summed E-state index contributed by atoms with van der Waals surface area (Å²) < 4.78 is 4.73. The molecule has 2 aromatic heterocycles. The van der Waals surface area contributed by atoms with Crippen LogP contribution in [0.25, 0.3) is 11.2 Å². The average molecular weight is 287 g/mol. The molecule has 0 atom stereocenters. The quantitative estimate of drug-likeness (QED) is 0.705. The fourth-order valence-electron chi connectivity index (χ4n) is 1.70. The molecule has 0 spiro atoms. The Bertz CT molecular complexity index is 679. The molecule has 0 bridgehead atoms. The van der Waals surface area contributed by atoms with Gasteiger partial charge in [-0.1, -0.05) is 0 Å². The number of fused-ring (bicyclic) bond motifs is 1. The van der Waals surface area contributed by atoms with E-state index >= 15 is 0 Å². The molecular weight excluding hydrogens is 276 g/mol. The largest absolute Gasteiger partial charge is 0.332 e. The Morgan fingerprint density at radius 2 is 1.88 bits per heavy atom. The molecule has 0 aliphatic rings. The number of aromatic nitrogens is 4. The molecule has 2 heterocycles. The average Bonchev–Trinajstić information content (AvgIpc) is 2.54. The second-order valence-electron chi connectivity index (χ2n) is 3.50. The Hall–Kier alpha value is -1.37. The first-order valence-electron chi connectivity index (χ1n) is 4.80. The maximum absolute atomic E-state index is 12.0. The number of rotatable bonds is 1. The van der Waals surface area contributed by atoms with Crippen LogP contribution in [0.3, 0.4) is 0 Å². The second kappa shape index (κ2) is 3.58. The van der Waals surface area contributed by atoms with Gasteiger partial charge in [-0.15, -0.1) is 0 Å². The van der Waals surface area contributed by atoms with Crippen LogP contribution in [-0.4, -0.2) is 18.7 Å². The summed E-state index contributed by atoms with van der Waals surface area (Å²) in [5.74, 6) is 0. The van der Waals surface area contributed by atoms with Crippen molar-refractivity contribution in [3.05, 3.63) is 25.6 Å². The molecule has 0 fully saturated rings. The van der Waals surface area contributed by atoms with Crippen molar-refractivity contribution < 1.29 is 0 Å². The predicted octanol–water partition coefficient (Wildman–Crippen LogP) is 0.216. The van der Waals surface area contributed by atoms with Gasteiger partial charge in [-0.25, -0.2) is 9.78 Å². The molecule has 7 heteroatoms. The number of halogens is 1. The van der Waals surface area contributed by atoms with Gasteiger partial charge in [0.25, 0.3) is 5.56 Å². The van der Waals surface area contributed by atoms with Gasteiger partial charge in [-0.3, -0.25) is 13.9 Å². The molecule has 0 unspecified atom stereocenters. The smallest absolute Gasteiger partial charge is 0.316 e. The van der Waals surface area contributed by atoms with Crippen molar-refractivity contribution in [2.45, 2.75) is 13.5 Å². The fraction of sp³-hybridized carbons (Fsp3) is 0.444. The van der Waals surface area contributed by atoms with Gasteiger partial charge in [0.15, 0.2) is 15.9 Å². The summed E-state index contributed by atoms with van der Waals surface area (Å²) in [6, 6.07) is 0. The lowest BCUT2D eigenvalue weighted by molar-refractivity contribution is 0.635. The highest BCUT2D eigenvalue weighted by Gasteiger charge is 2.16. The predicted molar refractivity (Wildman–Crippen MR) is 63.6 cm³/mol. The van der Waals surface area contributed by atoms with E-state index in [-0.39, 0.29) is 11.2 Å². The van der Waals surface area contributed by atoms with Crippen LogP contribution in [0, 0.1) is 0 Å². The summed E-state index contributed by atoms with van der Waals surface area (Å²) >= 11 is 3.24. The van der Waals surface area contributed by atoms with Gasteiger partial charge in [0.1, 0.15) is 0 Å². The Morgan fingerprint density at radius 1 is 1.25 bits per heavy atom. The van der Waals surface area contributed by atoms with Crippen molar-refractivity contribution in [3.8, 4) is 0 Å². The van der Waals surface area contributed by atoms with Gasteiger partial charge >= 0.3 is 5.69 Å². The summed E-state index contributed by atoms with van der Waals surface area (Å²) in [4.78, 5) is 28.0. The minimum atomic E-state index is -0.342. The Balaban J connectivity index is 3.15. The molecule has 0 amide bonds. The first kappa shape index (κ1) is 11.1. The molecule has 0 aliphatic heterocycles. The molecule has 0 saturated carbocycles. The minimum absolute atomic E-state index is 0.304. The van der Waals surface area contributed by atoms with Gasteiger partial charge in [0, 0.05) is 20.6 Å². The number of hydrogen-bond donors (Lipinski definition) is 0. The van der Waals surface area contributed by atoms with Gasteiger partial charge in [0.2, 0.25) is 0 Å². The summed E-state index contributed by atoms with van der Waals surface area (Å²) in [6.07, 6.45) is 0. The monoisotopic (exact) mass is 286 g/mol. The van der Waals surface area contributed by atoms with Crippen LogP contribution in [0.2, 0.25) is 0 Å². The van der Waals surface area contributed by atoms with E-state index in [1.807, 2.05) is 0 Å². The highest BCUT2D eigenvalue weighted by atomic mass is 79.9. The zero-order valence-electron chi connectivity index (χ0n) is 9.19. The Labute approximate surface area is 99.3 Å². The maximum atomic E-state index is 12.0. The minimum Gasteiger partial charge on any atom is -0.316 e. The van der Waals surface area contributed by atoms with Crippen LogP contribution < -0.4 is 11.2 Å². The fourth-order valence-corrected chi connectivity index (χ4v) is 2.04. The molecule has 0 N–H and O–H groups in total. The van der Waals surface area contributed by atoms with Gasteiger partial charge < -0.3 is 4.57 Å². The first-order chi connectivity index (χ1) is 7.49. The highest BCUT2D eigenvalue weighted by molar-refractivity contribution is 9.10. The van der Waals surface area contributed by atoms with E-state index in [1.54, 1.807) is 25.6 Å². The summed E-state index contributed by atoms with van der Waals surface area (Å²) in [5.41, 5.74) is 0.178. The first-order valence-corrected chi connectivity index (χ1v) is 5.60. The second-order valence-corrected chi connectivity index (χ2v) is 4.21. The normalized spacial score (nSPS) is 11.2. The van der Waals surface area contributed by atoms with E-state index in [4.69, 9.17) is 0 Å². The van der Waals surface area contributed by atoms with E-state index in [1.165, 1.54) is 9.13 Å². The van der Waals surface area contributed by atoms with Crippen LogP contribution in [0.15, 0.2) is 14.3 Å². The summed E-state index contributed by atoms with van der Waals surface area (Å²) in [5, 5.41) is 0. The van der Waals surface area contributed by atoms with Crippen molar-refractivity contribution in [2.75, 3.05) is 0 Å². The van der Waals surface area contributed by atoms with E-state index in [0.717, 1.165) is 0 Å². The third-order valence-electron chi connectivity index (χ3n) is 2.62. The standard InChI is InChI=1S/C9H11BrN4O2/c1-4-14-7(15)5-6(13(3)9(14)16)11-8(10)12(5)2/h4H2,1-3H3. The molecule has 6 nitrogen and oxygen atoms in total. The van der Waals surface area contributed by atoms with Crippen LogP contribution in [0.4, 0.5) is 0 Å². The van der Waals surface area contributed by atoms with E-state index in [9.17, 15) is 9.59 Å². The van der Waals surface area contributed by atoms with Crippen LogP contribution >= 0.6 is 15.9 Å². The molecule has 2 rings (SSSR count). The SMILES string of the molecule is CCn1c(=O)c2c(nc(Br)n2C)n(C)c1=O. The third kappa shape index (κ3) is 1.27. The zero-order chi connectivity index (χ0) is 12.0. The Kier molecular flexibility index (Phi) is 2.49. The molecule has 16 heavy (non-hydrogen) atoms. The van der Waals surface area contributed by atoms with Crippen LogP contribution in [-0.2, 0) is 20.6 Å². The number of imidazole rings is 1. The molecular formula is C9H11BrN4O2. The zero-order valence-corrected chi connectivity index (χ0v) is 10.8. The van der Waals surface area contributed by atoms with E-state index in [2.05, 4.69) is 20.9 Å². The van der Waals surface area contributed by atoms with Crippen LogP contribution in [0.5, 0.6) is 0 Å². The van der Waals surface area contributed by atoms with Gasteiger partial charge in [-0.2, -0.15) is 0 Å². The highest BCUT2D eigenvalue weighted by Crippen LogP contribution is 2.13. The lowest BCUT2D eigenvalue weighted by atomic mass is 10.5. The molecule has 86 valence electrons. The van der Waals surface area contributed by atoms with Crippen molar-refractivity contribution in [2.24, 2.45) is 14.1 Å². The number of nitrogens with zero attached hydrogens (tertiary/aromatic N) is 4. The molecule has 0 aliphatic carbocycles. The summed E-state index contributed by atoms with van der Waals surface area (Å²) in [6.45, 7) is 2.12. The maximum Gasteiger partial charge on any atom is 0.332 e. The topological polar surface area (TPSA) is 61.8 Å². The lowest BCUT2D eigenvalue weighted by Gasteiger charge is -2.05. The van der Waals surface area contributed by atoms with E-state index in [0.29, 0.717) is 22.4 Å². The van der Waals surface area contributed by atoms with Gasteiger partial charge in [-0.05, 0) is 22.9 Å². The number of aryl methyl sites for hydroxylation is 2. The molecule has 0 aromatic carbocycles. The Morgan fingerprint density at radius 3 is 2.44 bits per heavy atom. The van der Waals surface area contributed by atoms with Crippen molar-refractivity contribution >= 4 is 27.1 Å². The van der Waals surface area contributed by atoms with Gasteiger partial charge in [0.05, 0.1) is 0 Å². The molecule has 0 radical (unpaired) electrons.